The van der Waals surface area contributed by atoms with E-state index in [1.807, 2.05) is 6.20 Å². The standard InChI is InChI=1S/C15H16N4O2/c20-19(21)14-8-6-12(7-9-14)10-18-11-15(16-17-18)13-4-2-1-3-5-13/h4,6-9,11H,1-3,5,10H2. The third kappa shape index (κ3) is 3.16. The first-order valence-electron chi connectivity index (χ1n) is 7.05. The van der Waals surface area contributed by atoms with Gasteiger partial charge in [0, 0.05) is 12.1 Å². The topological polar surface area (TPSA) is 73.8 Å². The number of nitro groups is 1. The smallest absolute Gasteiger partial charge is 0.258 e. The van der Waals surface area contributed by atoms with Gasteiger partial charge in [-0.25, -0.2) is 4.68 Å². The van der Waals surface area contributed by atoms with E-state index in [-0.39, 0.29) is 5.69 Å². The highest BCUT2D eigenvalue weighted by Gasteiger charge is 2.10. The molecule has 1 heterocycles. The predicted octanol–water partition coefficient (Wildman–Crippen LogP) is 3.19. The van der Waals surface area contributed by atoms with Crippen molar-refractivity contribution in [1.82, 2.24) is 15.0 Å². The van der Waals surface area contributed by atoms with E-state index >= 15 is 0 Å². The van der Waals surface area contributed by atoms with Crippen molar-refractivity contribution in [3.63, 3.8) is 0 Å². The minimum atomic E-state index is -0.396. The molecule has 0 saturated heterocycles. The van der Waals surface area contributed by atoms with Gasteiger partial charge in [0.05, 0.1) is 17.7 Å². The maximum absolute atomic E-state index is 10.6. The van der Waals surface area contributed by atoms with Crippen LogP contribution in [-0.4, -0.2) is 19.9 Å². The van der Waals surface area contributed by atoms with Crippen molar-refractivity contribution in [2.24, 2.45) is 0 Å². The summed E-state index contributed by atoms with van der Waals surface area (Å²) in [6.45, 7) is 0.568. The molecular weight excluding hydrogens is 268 g/mol. The van der Waals surface area contributed by atoms with Gasteiger partial charge in [0.2, 0.25) is 0 Å². The molecule has 0 fully saturated rings. The van der Waals surface area contributed by atoms with Gasteiger partial charge in [0.1, 0.15) is 5.69 Å². The summed E-state index contributed by atoms with van der Waals surface area (Å²) in [6, 6.07) is 6.52. The highest BCUT2D eigenvalue weighted by Crippen LogP contribution is 2.25. The number of nitrogens with zero attached hydrogens (tertiary/aromatic N) is 4. The highest BCUT2D eigenvalue weighted by atomic mass is 16.6. The van der Waals surface area contributed by atoms with Gasteiger partial charge in [-0.05, 0) is 36.8 Å². The molecule has 0 unspecified atom stereocenters. The molecule has 1 aromatic carbocycles. The van der Waals surface area contributed by atoms with Gasteiger partial charge < -0.3 is 0 Å². The lowest BCUT2D eigenvalue weighted by Gasteiger charge is -2.08. The average Bonchev–Trinajstić information content (AvgIpc) is 2.97. The van der Waals surface area contributed by atoms with Crippen LogP contribution < -0.4 is 0 Å². The second-order valence-corrected chi connectivity index (χ2v) is 5.20. The van der Waals surface area contributed by atoms with E-state index in [2.05, 4.69) is 16.4 Å². The molecule has 0 amide bonds. The first kappa shape index (κ1) is 13.5. The number of non-ortho nitro benzene ring substituents is 1. The van der Waals surface area contributed by atoms with Crippen molar-refractivity contribution in [3.05, 3.63) is 57.9 Å². The van der Waals surface area contributed by atoms with Crippen LogP contribution in [0.15, 0.2) is 36.5 Å². The normalized spacial score (nSPS) is 14.8. The lowest BCUT2D eigenvalue weighted by atomic mass is 9.98. The first-order chi connectivity index (χ1) is 10.2. The van der Waals surface area contributed by atoms with E-state index < -0.39 is 4.92 Å². The molecule has 2 aromatic rings. The Bertz CT molecular complexity index is 673. The van der Waals surface area contributed by atoms with Crippen molar-refractivity contribution in [2.45, 2.75) is 32.2 Å². The Labute approximate surface area is 122 Å². The Morgan fingerprint density at radius 3 is 2.71 bits per heavy atom. The largest absolute Gasteiger partial charge is 0.269 e. The number of rotatable bonds is 4. The predicted molar refractivity (Wildman–Crippen MR) is 78.7 cm³/mol. The number of hydrogen-bond acceptors (Lipinski definition) is 4. The Kier molecular flexibility index (Phi) is 3.77. The van der Waals surface area contributed by atoms with Crippen molar-refractivity contribution < 1.29 is 4.92 Å². The van der Waals surface area contributed by atoms with Crippen molar-refractivity contribution >= 4 is 11.3 Å². The van der Waals surface area contributed by atoms with Gasteiger partial charge in [0.15, 0.2) is 0 Å². The van der Waals surface area contributed by atoms with Gasteiger partial charge in [0.25, 0.3) is 5.69 Å². The lowest BCUT2D eigenvalue weighted by Crippen LogP contribution is -2.00. The van der Waals surface area contributed by atoms with Crippen LogP contribution in [0.5, 0.6) is 0 Å². The highest BCUT2D eigenvalue weighted by molar-refractivity contribution is 5.62. The van der Waals surface area contributed by atoms with Crippen LogP contribution in [0, 0.1) is 10.1 Å². The van der Waals surface area contributed by atoms with Crippen LogP contribution in [0.3, 0.4) is 0 Å². The number of aromatic nitrogens is 3. The SMILES string of the molecule is O=[N+]([O-])c1ccc(Cn2cc(C3=CCCCC3)nn2)cc1. The second kappa shape index (κ2) is 5.87. The fourth-order valence-electron chi connectivity index (χ4n) is 2.50. The molecule has 0 saturated carbocycles. The van der Waals surface area contributed by atoms with E-state index in [1.165, 1.54) is 30.5 Å². The van der Waals surface area contributed by atoms with Gasteiger partial charge in [-0.3, -0.25) is 10.1 Å². The lowest BCUT2D eigenvalue weighted by molar-refractivity contribution is -0.384. The van der Waals surface area contributed by atoms with Gasteiger partial charge in [-0.1, -0.05) is 23.4 Å². The Morgan fingerprint density at radius 2 is 2.05 bits per heavy atom. The summed E-state index contributed by atoms with van der Waals surface area (Å²) in [5.41, 5.74) is 3.29. The molecule has 6 nitrogen and oxygen atoms in total. The minimum absolute atomic E-state index is 0.102. The maximum atomic E-state index is 10.6. The zero-order valence-corrected chi connectivity index (χ0v) is 11.6. The van der Waals surface area contributed by atoms with Crippen LogP contribution in [0.25, 0.3) is 5.57 Å². The molecule has 3 rings (SSSR count). The molecule has 1 aliphatic carbocycles. The minimum Gasteiger partial charge on any atom is -0.258 e. The van der Waals surface area contributed by atoms with Crippen molar-refractivity contribution in [3.8, 4) is 0 Å². The molecule has 1 aliphatic rings. The molecule has 0 aliphatic heterocycles. The molecule has 0 spiro atoms. The van der Waals surface area contributed by atoms with Crippen LogP contribution >= 0.6 is 0 Å². The summed E-state index contributed by atoms with van der Waals surface area (Å²) in [5.74, 6) is 0. The molecule has 6 heteroatoms. The van der Waals surface area contributed by atoms with Crippen LogP contribution in [0.4, 0.5) is 5.69 Å². The van der Waals surface area contributed by atoms with Crippen molar-refractivity contribution in [2.75, 3.05) is 0 Å². The summed E-state index contributed by atoms with van der Waals surface area (Å²) >= 11 is 0. The summed E-state index contributed by atoms with van der Waals surface area (Å²) in [7, 11) is 0. The van der Waals surface area contributed by atoms with Crippen LogP contribution in [0.1, 0.15) is 36.9 Å². The van der Waals surface area contributed by atoms with E-state index in [9.17, 15) is 10.1 Å². The summed E-state index contributed by atoms with van der Waals surface area (Å²) in [5, 5.41) is 19.0. The molecule has 1 aromatic heterocycles. The molecule has 21 heavy (non-hydrogen) atoms. The van der Waals surface area contributed by atoms with E-state index in [0.29, 0.717) is 6.54 Å². The van der Waals surface area contributed by atoms with Gasteiger partial charge in [-0.15, -0.1) is 5.10 Å². The third-order valence-electron chi connectivity index (χ3n) is 3.65. The van der Waals surface area contributed by atoms with E-state index in [0.717, 1.165) is 24.1 Å². The quantitative estimate of drug-likeness (QED) is 0.638. The van der Waals surface area contributed by atoms with Gasteiger partial charge >= 0.3 is 0 Å². The Morgan fingerprint density at radius 1 is 1.24 bits per heavy atom. The number of benzene rings is 1. The number of nitro benzene ring substituents is 1. The molecule has 0 radical (unpaired) electrons. The average molecular weight is 284 g/mol. The first-order valence-corrected chi connectivity index (χ1v) is 7.05. The maximum Gasteiger partial charge on any atom is 0.269 e. The summed E-state index contributed by atoms with van der Waals surface area (Å²) < 4.78 is 1.77. The Hall–Kier alpha value is -2.50. The molecule has 0 atom stereocenters. The Balaban J connectivity index is 1.72. The number of allylic oxidation sites excluding steroid dienone is 2. The summed E-state index contributed by atoms with van der Waals surface area (Å²) in [6.07, 6.45) is 8.82. The molecule has 0 bridgehead atoms. The monoisotopic (exact) mass is 284 g/mol. The fourth-order valence-corrected chi connectivity index (χ4v) is 2.50. The fraction of sp³-hybridized carbons (Fsp3) is 0.333. The van der Waals surface area contributed by atoms with Crippen LogP contribution in [0.2, 0.25) is 0 Å². The third-order valence-corrected chi connectivity index (χ3v) is 3.65. The van der Waals surface area contributed by atoms with E-state index in [4.69, 9.17) is 0 Å². The number of hydrogen-bond donors (Lipinski definition) is 0. The molecular formula is C15H16N4O2. The van der Waals surface area contributed by atoms with E-state index in [1.54, 1.807) is 16.8 Å². The zero-order chi connectivity index (χ0) is 14.7. The summed E-state index contributed by atoms with van der Waals surface area (Å²) in [4.78, 5) is 10.2. The van der Waals surface area contributed by atoms with Crippen LogP contribution in [-0.2, 0) is 6.54 Å². The second-order valence-electron chi connectivity index (χ2n) is 5.20. The molecule has 0 N–H and O–H groups in total. The molecule has 108 valence electrons. The van der Waals surface area contributed by atoms with Gasteiger partial charge in [-0.2, -0.15) is 0 Å². The zero-order valence-electron chi connectivity index (χ0n) is 11.6. The van der Waals surface area contributed by atoms with Crippen molar-refractivity contribution in [1.29, 1.82) is 0 Å².